The van der Waals surface area contributed by atoms with Crippen molar-refractivity contribution in [2.75, 3.05) is 52.4 Å². The minimum atomic E-state index is 0.858. The summed E-state index contributed by atoms with van der Waals surface area (Å²) in [6, 6.07) is 6.90. The Morgan fingerprint density at radius 2 is 1.59 bits per heavy atom. The molecule has 0 aromatic heterocycles. The van der Waals surface area contributed by atoms with E-state index in [2.05, 4.69) is 82.8 Å². The summed E-state index contributed by atoms with van der Waals surface area (Å²) in [5, 5.41) is 0. The fourth-order valence-electron chi connectivity index (χ4n) is 4.66. The highest BCUT2D eigenvalue weighted by molar-refractivity contribution is 5.65. The Morgan fingerprint density at radius 1 is 0.969 bits per heavy atom. The number of piperazine rings is 2. The van der Waals surface area contributed by atoms with Gasteiger partial charge in [-0.2, -0.15) is 0 Å². The lowest BCUT2D eigenvalue weighted by Crippen LogP contribution is -2.45. The van der Waals surface area contributed by atoms with Crippen molar-refractivity contribution in [2.24, 2.45) is 4.99 Å². The molecule has 0 aliphatic carbocycles. The third-order valence-corrected chi connectivity index (χ3v) is 6.69. The number of aliphatic imine (C=N–C) groups is 1. The molecule has 2 aliphatic rings. The molecule has 0 unspecified atom stereocenters. The highest BCUT2D eigenvalue weighted by Crippen LogP contribution is 2.25. The van der Waals surface area contributed by atoms with Crippen molar-refractivity contribution in [3.05, 3.63) is 65.6 Å². The van der Waals surface area contributed by atoms with Gasteiger partial charge in [0.25, 0.3) is 0 Å². The number of rotatable bonds is 8. The molecule has 2 heterocycles. The van der Waals surface area contributed by atoms with Gasteiger partial charge in [-0.15, -0.1) is 0 Å². The topological polar surface area (TPSA) is 25.3 Å². The van der Waals surface area contributed by atoms with Crippen LogP contribution in [0.4, 0.5) is 0 Å². The molecular formula is C27H41N5. The van der Waals surface area contributed by atoms with Crippen LogP contribution in [0, 0.1) is 6.92 Å². The van der Waals surface area contributed by atoms with E-state index in [1.54, 1.807) is 0 Å². The van der Waals surface area contributed by atoms with Crippen molar-refractivity contribution in [2.45, 2.75) is 40.7 Å². The summed E-state index contributed by atoms with van der Waals surface area (Å²) in [5.41, 5.74) is 6.52. The molecule has 0 atom stereocenters. The zero-order valence-corrected chi connectivity index (χ0v) is 20.6. The first-order valence-corrected chi connectivity index (χ1v) is 12.0. The van der Waals surface area contributed by atoms with Gasteiger partial charge < -0.3 is 14.7 Å². The maximum Gasteiger partial charge on any atom is 0.120 e. The Morgan fingerprint density at radius 3 is 2.22 bits per heavy atom. The van der Waals surface area contributed by atoms with Gasteiger partial charge in [0.15, 0.2) is 0 Å². The van der Waals surface area contributed by atoms with Gasteiger partial charge in [0.05, 0.1) is 0 Å². The minimum absolute atomic E-state index is 0.858. The van der Waals surface area contributed by atoms with Gasteiger partial charge in [-0.1, -0.05) is 38.3 Å². The van der Waals surface area contributed by atoms with Crippen LogP contribution in [0.1, 0.15) is 43.9 Å². The maximum absolute atomic E-state index is 4.48. The average molecular weight is 436 g/mol. The molecule has 0 radical (unpaired) electrons. The molecule has 1 aromatic carbocycles. The van der Waals surface area contributed by atoms with Crippen molar-refractivity contribution in [1.82, 2.24) is 19.6 Å². The quantitative estimate of drug-likeness (QED) is 0.558. The second-order valence-corrected chi connectivity index (χ2v) is 8.89. The first kappa shape index (κ1) is 24.1. The van der Waals surface area contributed by atoms with Crippen molar-refractivity contribution >= 4 is 11.9 Å². The molecule has 2 aliphatic heterocycles. The van der Waals surface area contributed by atoms with Gasteiger partial charge in [0.1, 0.15) is 5.82 Å². The van der Waals surface area contributed by atoms with E-state index in [0.29, 0.717) is 0 Å². The molecule has 1 aromatic rings. The number of allylic oxidation sites excluding steroid dienone is 2. The van der Waals surface area contributed by atoms with Crippen molar-refractivity contribution in [3.8, 4) is 0 Å². The zero-order valence-electron chi connectivity index (χ0n) is 20.6. The summed E-state index contributed by atoms with van der Waals surface area (Å²) < 4.78 is 0. The van der Waals surface area contributed by atoms with Crippen LogP contribution < -0.4 is 0 Å². The molecule has 0 bridgehead atoms. The normalized spacial score (nSPS) is 18.5. The molecule has 5 heteroatoms. The summed E-state index contributed by atoms with van der Waals surface area (Å²) in [6.45, 7) is 26.4. The molecule has 0 spiro atoms. The van der Waals surface area contributed by atoms with Crippen LogP contribution in [0.2, 0.25) is 0 Å². The molecule has 174 valence electrons. The molecule has 3 rings (SSSR count). The Bertz CT molecular complexity index is 853. The first-order chi connectivity index (χ1) is 15.4. The number of nitrogens with zero attached hydrogens (tertiary/aromatic N) is 5. The molecular weight excluding hydrogens is 394 g/mol. The second-order valence-electron chi connectivity index (χ2n) is 8.89. The number of hydrogen-bond donors (Lipinski definition) is 0. The van der Waals surface area contributed by atoms with E-state index >= 15 is 0 Å². The average Bonchev–Trinajstić information content (AvgIpc) is 2.81. The molecule has 32 heavy (non-hydrogen) atoms. The maximum atomic E-state index is 4.48. The monoisotopic (exact) mass is 435 g/mol. The lowest BCUT2D eigenvalue weighted by atomic mass is 10.0. The lowest BCUT2D eigenvalue weighted by Gasteiger charge is -2.38. The minimum Gasteiger partial charge on any atom is -0.373 e. The van der Waals surface area contributed by atoms with E-state index in [9.17, 15) is 0 Å². The first-order valence-electron chi connectivity index (χ1n) is 12.0. The van der Waals surface area contributed by atoms with Gasteiger partial charge in [0, 0.05) is 82.1 Å². The fraction of sp³-hybridized carbons (Fsp3) is 0.519. The van der Waals surface area contributed by atoms with Crippen LogP contribution >= 0.6 is 0 Å². The van der Waals surface area contributed by atoms with Gasteiger partial charge in [-0.05, 0) is 44.4 Å². The van der Waals surface area contributed by atoms with E-state index in [-0.39, 0.29) is 0 Å². The van der Waals surface area contributed by atoms with Crippen molar-refractivity contribution in [3.63, 3.8) is 0 Å². The molecule has 5 nitrogen and oxygen atoms in total. The van der Waals surface area contributed by atoms with E-state index in [0.717, 1.165) is 76.8 Å². The molecule has 2 fully saturated rings. The number of hydrogen-bond acceptors (Lipinski definition) is 5. The van der Waals surface area contributed by atoms with Gasteiger partial charge in [0.2, 0.25) is 0 Å². The summed E-state index contributed by atoms with van der Waals surface area (Å²) in [4.78, 5) is 14.1. The van der Waals surface area contributed by atoms with Crippen molar-refractivity contribution < 1.29 is 0 Å². The third-order valence-electron chi connectivity index (χ3n) is 6.69. The van der Waals surface area contributed by atoms with Crippen molar-refractivity contribution in [1.29, 1.82) is 0 Å². The third kappa shape index (κ3) is 6.04. The summed E-state index contributed by atoms with van der Waals surface area (Å²) >= 11 is 0. The summed E-state index contributed by atoms with van der Waals surface area (Å²) in [6.07, 6.45) is 5.25. The van der Waals surface area contributed by atoms with Crippen LogP contribution in [0.3, 0.4) is 0 Å². The van der Waals surface area contributed by atoms with Gasteiger partial charge >= 0.3 is 0 Å². The summed E-state index contributed by atoms with van der Waals surface area (Å²) in [5.74, 6) is 0.858. The standard InChI is InChI=1S/C27H41N5/c1-7-9-23(4)30-14-12-29(13-15-30)21-26-11-10-22(3)27(20-26)24(5)31-16-18-32(19-17-31)25(6)28-8-2/h8-11,20H,5-7,12-19,21H2,1-4H3/b23-9+,28-8?. The van der Waals surface area contributed by atoms with Crippen LogP contribution in [-0.2, 0) is 6.54 Å². The predicted octanol–water partition coefficient (Wildman–Crippen LogP) is 4.58. The smallest absolute Gasteiger partial charge is 0.120 e. The fourth-order valence-corrected chi connectivity index (χ4v) is 4.66. The van der Waals surface area contributed by atoms with Crippen LogP contribution in [0.25, 0.3) is 5.70 Å². The Hall–Kier alpha value is -2.53. The molecule has 0 amide bonds. The highest BCUT2D eigenvalue weighted by atomic mass is 15.3. The summed E-state index contributed by atoms with van der Waals surface area (Å²) in [7, 11) is 0. The SMILES string of the molecule is C=C(N=CC)N1CCN(C(=C)c2cc(CN3CCN(/C(C)=C/CC)CC3)ccc2C)CC1. The van der Waals surface area contributed by atoms with Gasteiger partial charge in [-0.3, -0.25) is 4.90 Å². The number of aryl methyl sites for hydroxylation is 1. The largest absolute Gasteiger partial charge is 0.373 e. The second kappa shape index (κ2) is 11.4. The van der Waals surface area contributed by atoms with E-state index in [1.807, 2.05) is 13.1 Å². The van der Waals surface area contributed by atoms with Crippen LogP contribution in [0.15, 0.2) is 53.9 Å². The molecule has 0 N–H and O–H groups in total. The molecule has 2 saturated heterocycles. The van der Waals surface area contributed by atoms with E-state index in [4.69, 9.17) is 0 Å². The predicted molar refractivity (Wildman–Crippen MR) is 138 cm³/mol. The van der Waals surface area contributed by atoms with E-state index < -0.39 is 0 Å². The lowest BCUT2D eigenvalue weighted by molar-refractivity contribution is 0.152. The number of benzene rings is 1. The van der Waals surface area contributed by atoms with Crippen LogP contribution in [0.5, 0.6) is 0 Å². The Labute approximate surface area is 195 Å². The van der Waals surface area contributed by atoms with E-state index in [1.165, 1.54) is 22.4 Å². The molecule has 0 saturated carbocycles. The highest BCUT2D eigenvalue weighted by Gasteiger charge is 2.21. The van der Waals surface area contributed by atoms with Gasteiger partial charge in [-0.25, -0.2) is 4.99 Å². The Kier molecular flexibility index (Phi) is 8.57. The van der Waals surface area contributed by atoms with Crippen LogP contribution in [-0.4, -0.2) is 78.2 Å². The zero-order chi connectivity index (χ0) is 23.1. The Balaban J connectivity index is 1.58.